The number of rotatable bonds is 5. The molecule has 1 aromatic heterocycles. The molecule has 1 aromatic rings. The summed E-state index contributed by atoms with van der Waals surface area (Å²) in [6.45, 7) is 2.32. The van der Waals surface area contributed by atoms with Crippen molar-refractivity contribution in [2.24, 2.45) is 0 Å². The maximum Gasteiger partial charge on any atom is 0.416 e. The fourth-order valence-electron chi connectivity index (χ4n) is 1.70. The van der Waals surface area contributed by atoms with E-state index in [9.17, 15) is 22.8 Å². The Hall–Kier alpha value is -1.90. The number of aromatic amines is 1. The number of hydrogen-bond donors (Lipinski definition) is 3. The van der Waals surface area contributed by atoms with E-state index in [1.54, 1.807) is 13.8 Å². The third-order valence-electron chi connectivity index (χ3n) is 2.81. The molecule has 0 saturated heterocycles. The molecule has 0 aliphatic rings. The molecule has 1 heterocycles. The van der Waals surface area contributed by atoms with E-state index in [4.69, 9.17) is 5.11 Å². The van der Waals surface area contributed by atoms with Crippen molar-refractivity contribution in [2.75, 3.05) is 6.54 Å². The van der Waals surface area contributed by atoms with Crippen molar-refractivity contribution in [3.8, 4) is 0 Å². The molecule has 0 radical (unpaired) electrons. The largest absolute Gasteiger partial charge is 0.416 e. The van der Waals surface area contributed by atoms with Gasteiger partial charge in [0.05, 0.1) is 6.54 Å². The second-order valence-corrected chi connectivity index (χ2v) is 4.58. The predicted octanol–water partition coefficient (Wildman–Crippen LogP) is 0.359. The third-order valence-corrected chi connectivity index (χ3v) is 2.81. The van der Waals surface area contributed by atoms with E-state index in [1.807, 2.05) is 5.32 Å². The molecule has 1 atom stereocenters. The molecule has 0 aliphatic heterocycles. The van der Waals surface area contributed by atoms with Crippen LogP contribution >= 0.6 is 0 Å². The first kappa shape index (κ1) is 17.2. The Morgan fingerprint density at radius 2 is 2.05 bits per heavy atom. The second-order valence-electron chi connectivity index (χ2n) is 4.58. The average molecular weight is 307 g/mol. The highest BCUT2D eigenvalue weighted by molar-refractivity contribution is 5.76. The number of H-pyrrole nitrogens is 1. The van der Waals surface area contributed by atoms with Crippen LogP contribution in [-0.4, -0.2) is 39.8 Å². The van der Waals surface area contributed by atoms with Crippen molar-refractivity contribution in [1.82, 2.24) is 15.3 Å². The Balaban J connectivity index is 2.53. The Labute approximate surface area is 118 Å². The molecule has 3 N–H and O–H groups in total. The standard InChI is InChI=1S/C12H16F3N3O3/c1-6-8(11(21)18-7(2)17-6)3-4-10(20)16-5-9(19)12(13,14)15/h9,19H,3-5H2,1-2H3,(H,16,20)(H,17,18,21). The highest BCUT2D eigenvalue weighted by atomic mass is 19.4. The van der Waals surface area contributed by atoms with Crippen LogP contribution in [0.15, 0.2) is 4.79 Å². The normalized spacial score (nSPS) is 13.0. The summed E-state index contributed by atoms with van der Waals surface area (Å²) < 4.78 is 36.1. The van der Waals surface area contributed by atoms with Crippen molar-refractivity contribution in [3.05, 3.63) is 27.4 Å². The minimum atomic E-state index is -4.78. The number of amides is 1. The topological polar surface area (TPSA) is 95.1 Å². The molecule has 6 nitrogen and oxygen atoms in total. The van der Waals surface area contributed by atoms with Gasteiger partial charge in [0.1, 0.15) is 5.82 Å². The summed E-state index contributed by atoms with van der Waals surface area (Å²) in [7, 11) is 0. The Morgan fingerprint density at radius 1 is 1.43 bits per heavy atom. The monoisotopic (exact) mass is 307 g/mol. The van der Waals surface area contributed by atoms with E-state index < -0.39 is 24.7 Å². The fraction of sp³-hybridized carbons (Fsp3) is 0.583. The summed E-state index contributed by atoms with van der Waals surface area (Å²) in [6.07, 6.45) is -7.49. The van der Waals surface area contributed by atoms with Gasteiger partial charge in [0.15, 0.2) is 6.10 Å². The summed E-state index contributed by atoms with van der Waals surface area (Å²) in [6, 6.07) is 0. The lowest BCUT2D eigenvalue weighted by Gasteiger charge is -2.15. The van der Waals surface area contributed by atoms with Crippen LogP contribution in [0.5, 0.6) is 0 Å². The molecule has 9 heteroatoms. The summed E-state index contributed by atoms with van der Waals surface area (Å²) in [5.41, 5.74) is 0.412. The van der Waals surface area contributed by atoms with Gasteiger partial charge in [0, 0.05) is 17.7 Å². The van der Waals surface area contributed by atoms with Crippen LogP contribution in [0, 0.1) is 13.8 Å². The molecule has 118 valence electrons. The van der Waals surface area contributed by atoms with Gasteiger partial charge >= 0.3 is 6.18 Å². The van der Waals surface area contributed by atoms with Gasteiger partial charge in [0.2, 0.25) is 5.91 Å². The SMILES string of the molecule is Cc1nc(C)c(CCC(=O)NCC(O)C(F)(F)F)c(=O)[nH]1. The molecule has 0 bridgehead atoms. The van der Waals surface area contributed by atoms with E-state index in [0.717, 1.165) is 0 Å². The van der Waals surface area contributed by atoms with Crippen molar-refractivity contribution in [2.45, 2.75) is 39.0 Å². The van der Waals surface area contributed by atoms with E-state index in [1.165, 1.54) is 0 Å². The number of aryl methyl sites for hydroxylation is 2. The van der Waals surface area contributed by atoms with Gasteiger partial charge in [0.25, 0.3) is 5.56 Å². The number of carbonyl (C=O) groups excluding carboxylic acids is 1. The molecular formula is C12H16F3N3O3. The highest BCUT2D eigenvalue weighted by Gasteiger charge is 2.38. The van der Waals surface area contributed by atoms with Crippen molar-refractivity contribution < 1.29 is 23.1 Å². The van der Waals surface area contributed by atoms with Crippen LogP contribution in [0.2, 0.25) is 0 Å². The lowest BCUT2D eigenvalue weighted by Crippen LogP contribution is -2.40. The zero-order valence-electron chi connectivity index (χ0n) is 11.5. The van der Waals surface area contributed by atoms with Crippen LogP contribution in [0.25, 0.3) is 0 Å². The predicted molar refractivity (Wildman–Crippen MR) is 67.7 cm³/mol. The van der Waals surface area contributed by atoms with E-state index in [0.29, 0.717) is 17.1 Å². The minimum absolute atomic E-state index is 0.0579. The summed E-state index contributed by atoms with van der Waals surface area (Å²) >= 11 is 0. The maximum atomic E-state index is 12.0. The number of nitrogens with zero attached hydrogens (tertiary/aromatic N) is 1. The van der Waals surface area contributed by atoms with E-state index in [-0.39, 0.29) is 18.4 Å². The number of aliphatic hydroxyl groups excluding tert-OH is 1. The van der Waals surface area contributed by atoms with Crippen LogP contribution in [0.4, 0.5) is 13.2 Å². The Kier molecular flexibility index (Phi) is 5.47. The molecule has 0 aliphatic carbocycles. The number of nitrogens with one attached hydrogen (secondary N) is 2. The van der Waals surface area contributed by atoms with Crippen molar-refractivity contribution in [1.29, 1.82) is 0 Å². The summed E-state index contributed by atoms with van der Waals surface area (Å²) in [5.74, 6) is -0.239. The van der Waals surface area contributed by atoms with Gasteiger partial charge in [-0.3, -0.25) is 9.59 Å². The zero-order chi connectivity index (χ0) is 16.2. The van der Waals surface area contributed by atoms with E-state index >= 15 is 0 Å². The molecule has 0 spiro atoms. The van der Waals surface area contributed by atoms with Crippen LogP contribution in [-0.2, 0) is 11.2 Å². The Bertz CT molecular complexity index is 569. The van der Waals surface area contributed by atoms with Gasteiger partial charge in [-0.2, -0.15) is 13.2 Å². The number of alkyl halides is 3. The average Bonchev–Trinajstić information content (AvgIpc) is 2.33. The van der Waals surface area contributed by atoms with Crippen LogP contribution in [0.1, 0.15) is 23.5 Å². The first-order valence-electron chi connectivity index (χ1n) is 6.19. The Morgan fingerprint density at radius 3 is 2.57 bits per heavy atom. The number of aliphatic hydroxyl groups is 1. The zero-order valence-corrected chi connectivity index (χ0v) is 11.5. The quantitative estimate of drug-likeness (QED) is 0.732. The second kappa shape index (κ2) is 6.70. The van der Waals surface area contributed by atoms with Gasteiger partial charge in [-0.15, -0.1) is 0 Å². The molecule has 0 saturated carbocycles. The van der Waals surface area contributed by atoms with Gasteiger partial charge in [-0.25, -0.2) is 4.98 Å². The molecule has 0 aromatic carbocycles. The molecule has 1 amide bonds. The molecular weight excluding hydrogens is 291 g/mol. The number of carbonyl (C=O) groups is 1. The fourth-order valence-corrected chi connectivity index (χ4v) is 1.70. The summed E-state index contributed by atoms with van der Waals surface area (Å²) in [4.78, 5) is 29.6. The molecule has 21 heavy (non-hydrogen) atoms. The van der Waals surface area contributed by atoms with Gasteiger partial charge < -0.3 is 15.4 Å². The van der Waals surface area contributed by atoms with Gasteiger partial charge in [-0.1, -0.05) is 0 Å². The highest BCUT2D eigenvalue weighted by Crippen LogP contribution is 2.19. The molecule has 1 unspecified atom stereocenters. The first-order valence-corrected chi connectivity index (χ1v) is 6.19. The molecule has 0 fully saturated rings. The van der Waals surface area contributed by atoms with Gasteiger partial charge in [-0.05, 0) is 20.3 Å². The van der Waals surface area contributed by atoms with Crippen LogP contribution in [0.3, 0.4) is 0 Å². The van der Waals surface area contributed by atoms with Crippen molar-refractivity contribution >= 4 is 5.91 Å². The lowest BCUT2D eigenvalue weighted by molar-refractivity contribution is -0.201. The smallest absolute Gasteiger partial charge is 0.382 e. The third kappa shape index (κ3) is 5.18. The molecule has 1 rings (SSSR count). The minimum Gasteiger partial charge on any atom is -0.382 e. The number of hydrogen-bond acceptors (Lipinski definition) is 4. The summed E-state index contributed by atoms with van der Waals surface area (Å²) in [5, 5.41) is 10.7. The van der Waals surface area contributed by atoms with E-state index in [2.05, 4.69) is 9.97 Å². The van der Waals surface area contributed by atoms with Crippen molar-refractivity contribution in [3.63, 3.8) is 0 Å². The maximum absolute atomic E-state index is 12.0. The lowest BCUT2D eigenvalue weighted by atomic mass is 10.1. The first-order chi connectivity index (χ1) is 9.61. The number of aromatic nitrogens is 2. The van der Waals surface area contributed by atoms with Crippen LogP contribution < -0.4 is 10.9 Å². The number of halogens is 3.